The van der Waals surface area contributed by atoms with Crippen molar-refractivity contribution in [1.82, 2.24) is 4.98 Å². The van der Waals surface area contributed by atoms with Crippen LogP contribution in [0.4, 0.5) is 4.39 Å². The highest BCUT2D eigenvalue weighted by Crippen LogP contribution is 2.34. The van der Waals surface area contributed by atoms with Crippen molar-refractivity contribution < 1.29 is 4.39 Å². The number of nitrogens with zero attached hydrogens (tertiary/aromatic N) is 1. The van der Waals surface area contributed by atoms with Crippen LogP contribution in [0.3, 0.4) is 0 Å². The maximum atomic E-state index is 13.8. The molecule has 190 valence electrons. The molecule has 3 heteroatoms. The van der Waals surface area contributed by atoms with Crippen LogP contribution in [0.5, 0.6) is 0 Å². The summed E-state index contributed by atoms with van der Waals surface area (Å²) >= 11 is 1.54. The Balaban J connectivity index is 0.000000557. The van der Waals surface area contributed by atoms with Gasteiger partial charge in [0.05, 0.1) is 15.6 Å². The maximum absolute atomic E-state index is 13.8. The van der Waals surface area contributed by atoms with Crippen molar-refractivity contribution >= 4 is 16.9 Å². The molecular weight excluding hydrogens is 437 g/mol. The van der Waals surface area contributed by atoms with E-state index >= 15 is 0 Å². The molecule has 34 heavy (non-hydrogen) atoms. The van der Waals surface area contributed by atoms with Crippen molar-refractivity contribution in [2.75, 3.05) is 0 Å². The normalized spacial score (nSPS) is 12.7. The van der Waals surface area contributed by atoms with E-state index in [1.54, 1.807) is 18.2 Å². The summed E-state index contributed by atoms with van der Waals surface area (Å²) in [6, 6.07) is 6.69. The van der Waals surface area contributed by atoms with Crippen LogP contribution in [0, 0.1) is 18.7 Å². The Bertz CT molecular complexity index is 824. The van der Waals surface area contributed by atoms with Gasteiger partial charge in [0, 0.05) is 5.56 Å². The Kier molecular flexibility index (Phi) is 19.2. The van der Waals surface area contributed by atoms with E-state index < -0.39 is 0 Å². The molecule has 0 radical (unpaired) electrons. The summed E-state index contributed by atoms with van der Waals surface area (Å²) < 4.78 is 13.8. The monoisotopic (exact) mass is 485 g/mol. The Morgan fingerprint density at radius 3 is 2.09 bits per heavy atom. The average Bonchev–Trinajstić information content (AvgIpc) is 3.45. The molecular formula is C31H48FNS. The van der Waals surface area contributed by atoms with Crippen LogP contribution in [0.1, 0.15) is 102 Å². The predicted molar refractivity (Wildman–Crippen MR) is 154 cm³/mol. The molecule has 0 atom stereocenters. The van der Waals surface area contributed by atoms with Crippen molar-refractivity contribution in [3.63, 3.8) is 0 Å². The lowest BCUT2D eigenvalue weighted by molar-refractivity contribution is 0.612. The Morgan fingerprint density at radius 2 is 1.65 bits per heavy atom. The van der Waals surface area contributed by atoms with E-state index in [-0.39, 0.29) is 5.82 Å². The third-order valence-corrected chi connectivity index (χ3v) is 6.42. The minimum atomic E-state index is -0.252. The molecule has 2 aromatic rings. The number of aryl methyl sites for hydroxylation is 1. The van der Waals surface area contributed by atoms with E-state index in [1.807, 2.05) is 39.0 Å². The van der Waals surface area contributed by atoms with Crippen LogP contribution in [0.15, 0.2) is 55.7 Å². The molecule has 0 unspecified atom stereocenters. The molecule has 0 N–H and O–H groups in total. The molecule has 3 rings (SSSR count). The van der Waals surface area contributed by atoms with Crippen LogP contribution in [0.2, 0.25) is 0 Å². The SMILES string of the molecule is C=C(/C=C\C)c1sc(C)nc1-c1ccccc1F.C=CC.CC1CCCC1.CCCCCCC. The first-order chi connectivity index (χ1) is 16.4. The highest BCUT2D eigenvalue weighted by atomic mass is 32.1. The zero-order valence-electron chi connectivity index (χ0n) is 22.6. The minimum Gasteiger partial charge on any atom is -0.241 e. The highest BCUT2D eigenvalue weighted by molar-refractivity contribution is 7.13. The molecule has 1 heterocycles. The van der Waals surface area contributed by atoms with Gasteiger partial charge in [0.15, 0.2) is 0 Å². The Labute approximate surface area is 213 Å². The molecule has 0 saturated heterocycles. The van der Waals surface area contributed by atoms with Crippen molar-refractivity contribution in [2.24, 2.45) is 5.92 Å². The lowest BCUT2D eigenvalue weighted by atomic mass is 10.1. The first-order valence-corrected chi connectivity index (χ1v) is 13.8. The Hall–Kier alpha value is -2.00. The van der Waals surface area contributed by atoms with Gasteiger partial charge >= 0.3 is 0 Å². The number of aromatic nitrogens is 1. The molecule has 0 spiro atoms. The summed E-state index contributed by atoms with van der Waals surface area (Å²) in [5.74, 6) is 0.794. The largest absolute Gasteiger partial charge is 0.241 e. The molecule has 1 aliphatic rings. The van der Waals surface area contributed by atoms with Gasteiger partial charge in [-0.05, 0) is 44.4 Å². The fourth-order valence-electron chi connectivity index (χ4n) is 3.56. The van der Waals surface area contributed by atoms with Gasteiger partial charge in [0.25, 0.3) is 0 Å². The Morgan fingerprint density at radius 1 is 1.09 bits per heavy atom. The minimum absolute atomic E-state index is 0.252. The van der Waals surface area contributed by atoms with Gasteiger partial charge in [-0.2, -0.15) is 0 Å². The molecule has 1 nitrogen and oxygen atoms in total. The predicted octanol–water partition coefficient (Wildman–Crippen LogP) is 11.2. The van der Waals surface area contributed by atoms with Crippen LogP contribution in [-0.4, -0.2) is 4.98 Å². The zero-order chi connectivity index (χ0) is 25.8. The van der Waals surface area contributed by atoms with Gasteiger partial charge in [-0.1, -0.05) is 115 Å². The van der Waals surface area contributed by atoms with E-state index in [4.69, 9.17) is 0 Å². The van der Waals surface area contributed by atoms with E-state index in [9.17, 15) is 4.39 Å². The number of hydrogen-bond donors (Lipinski definition) is 0. The zero-order valence-corrected chi connectivity index (χ0v) is 23.4. The molecule has 1 aliphatic carbocycles. The van der Waals surface area contributed by atoms with E-state index in [1.165, 1.54) is 75.2 Å². The molecule has 0 aliphatic heterocycles. The third kappa shape index (κ3) is 13.6. The quantitative estimate of drug-likeness (QED) is 0.216. The number of allylic oxidation sites excluding steroid dienone is 4. The van der Waals surface area contributed by atoms with Gasteiger partial charge in [-0.15, -0.1) is 17.9 Å². The number of hydrogen-bond acceptors (Lipinski definition) is 2. The number of thiazole rings is 1. The van der Waals surface area contributed by atoms with Crippen LogP contribution < -0.4 is 0 Å². The van der Waals surface area contributed by atoms with Crippen molar-refractivity contribution in [3.8, 4) is 11.3 Å². The van der Waals surface area contributed by atoms with Crippen LogP contribution in [-0.2, 0) is 0 Å². The topological polar surface area (TPSA) is 12.9 Å². The summed E-state index contributed by atoms with van der Waals surface area (Å²) in [4.78, 5) is 5.36. The van der Waals surface area contributed by atoms with E-state index in [0.29, 0.717) is 11.3 Å². The number of halogens is 1. The van der Waals surface area contributed by atoms with Crippen molar-refractivity contribution in [2.45, 2.75) is 99.3 Å². The van der Waals surface area contributed by atoms with E-state index in [0.717, 1.165) is 21.4 Å². The second kappa shape index (κ2) is 20.4. The number of benzene rings is 1. The van der Waals surface area contributed by atoms with Gasteiger partial charge in [0.2, 0.25) is 0 Å². The van der Waals surface area contributed by atoms with E-state index in [2.05, 4.69) is 38.9 Å². The van der Waals surface area contributed by atoms with Gasteiger partial charge in [0.1, 0.15) is 5.82 Å². The van der Waals surface area contributed by atoms with Crippen molar-refractivity contribution in [1.29, 1.82) is 0 Å². The second-order valence-corrected chi connectivity index (χ2v) is 9.98. The summed E-state index contributed by atoms with van der Waals surface area (Å²) in [6.45, 7) is 19.9. The maximum Gasteiger partial charge on any atom is 0.132 e. The molecule has 1 aromatic heterocycles. The fourth-order valence-corrected chi connectivity index (χ4v) is 4.45. The summed E-state index contributed by atoms with van der Waals surface area (Å²) in [6.07, 6.45) is 18.5. The average molecular weight is 486 g/mol. The molecule has 1 fully saturated rings. The first-order valence-electron chi connectivity index (χ1n) is 13.0. The van der Waals surface area contributed by atoms with Gasteiger partial charge in [-0.25, -0.2) is 9.37 Å². The van der Waals surface area contributed by atoms with Crippen molar-refractivity contribution in [3.05, 3.63) is 71.4 Å². The second-order valence-electron chi connectivity index (χ2n) is 8.77. The lowest BCUT2D eigenvalue weighted by Gasteiger charge is -2.03. The lowest BCUT2D eigenvalue weighted by Crippen LogP contribution is -1.87. The first kappa shape index (κ1) is 32.0. The van der Waals surface area contributed by atoms with Gasteiger partial charge in [-0.3, -0.25) is 0 Å². The molecule has 0 amide bonds. The smallest absolute Gasteiger partial charge is 0.132 e. The number of unbranched alkanes of at least 4 members (excludes halogenated alkanes) is 4. The highest BCUT2D eigenvalue weighted by Gasteiger charge is 2.15. The summed E-state index contributed by atoms with van der Waals surface area (Å²) in [5, 5.41) is 0.911. The molecule has 1 aromatic carbocycles. The van der Waals surface area contributed by atoms with Crippen LogP contribution >= 0.6 is 11.3 Å². The third-order valence-electron chi connectivity index (χ3n) is 5.37. The summed E-state index contributed by atoms with van der Waals surface area (Å²) in [5.41, 5.74) is 2.07. The summed E-state index contributed by atoms with van der Waals surface area (Å²) in [7, 11) is 0. The van der Waals surface area contributed by atoms with Crippen LogP contribution in [0.25, 0.3) is 16.8 Å². The standard InChI is InChI=1S/C15H14FNS.C7H16.C6H12.C3H6/c1-4-7-10(2)15-14(17-11(3)18-15)12-8-5-6-9-13(12)16;1-3-5-7-6-4-2;1-6-4-2-3-5-6;1-3-2/h4-9H,2H2,1,3H3;3-7H2,1-2H3;6H,2-5H2,1H3;3H,1H2,2H3/b7-4-;;;. The van der Waals surface area contributed by atoms with Gasteiger partial charge < -0.3 is 0 Å². The number of rotatable bonds is 7. The fraction of sp³-hybridized carbons (Fsp3) is 0.516. The molecule has 1 saturated carbocycles. The molecule has 0 bridgehead atoms.